The summed E-state index contributed by atoms with van der Waals surface area (Å²) in [6.45, 7) is 22.3. The van der Waals surface area contributed by atoms with E-state index in [4.69, 9.17) is 13.9 Å². The van der Waals surface area contributed by atoms with Crippen molar-refractivity contribution in [3.8, 4) is 28.4 Å². The molecular formula is C33H42O3Si. The Morgan fingerprint density at radius 1 is 0.568 bits per heavy atom. The van der Waals surface area contributed by atoms with Gasteiger partial charge in [0.05, 0.1) is 14.2 Å². The molecule has 4 aromatic carbocycles. The van der Waals surface area contributed by atoms with E-state index < -0.39 is 8.32 Å². The van der Waals surface area contributed by atoms with E-state index in [2.05, 4.69) is 105 Å². The lowest BCUT2D eigenvalue weighted by molar-refractivity contribution is 0.410. The van der Waals surface area contributed by atoms with Crippen molar-refractivity contribution >= 4 is 29.9 Å². The van der Waals surface area contributed by atoms with Crippen molar-refractivity contribution in [3.05, 3.63) is 64.2 Å². The van der Waals surface area contributed by atoms with Crippen molar-refractivity contribution in [2.75, 3.05) is 14.2 Å². The Bertz CT molecular complexity index is 1520. The van der Waals surface area contributed by atoms with Crippen molar-refractivity contribution in [3.63, 3.8) is 0 Å². The van der Waals surface area contributed by atoms with E-state index in [1.165, 1.54) is 44.0 Å². The summed E-state index contributed by atoms with van der Waals surface area (Å²) in [5.74, 6) is 2.61. The largest absolute Gasteiger partial charge is 0.543 e. The third-order valence-electron chi connectivity index (χ3n) is 8.13. The summed E-state index contributed by atoms with van der Waals surface area (Å²) in [5.41, 5.74) is 8.13. The molecule has 0 amide bonds. The minimum Gasteiger partial charge on any atom is -0.543 e. The van der Waals surface area contributed by atoms with Crippen LogP contribution in [0.4, 0.5) is 0 Å². The highest BCUT2D eigenvalue weighted by atomic mass is 28.4. The maximum atomic E-state index is 7.08. The molecule has 37 heavy (non-hydrogen) atoms. The number of benzene rings is 4. The Balaban J connectivity index is 2.27. The van der Waals surface area contributed by atoms with Crippen LogP contribution in [0.3, 0.4) is 0 Å². The van der Waals surface area contributed by atoms with Gasteiger partial charge in [0.15, 0.2) is 0 Å². The number of fused-ring (bicyclic) bond motifs is 2. The molecule has 0 saturated heterocycles. The fraction of sp³-hybridized carbons (Fsp3) is 0.394. The summed E-state index contributed by atoms with van der Waals surface area (Å²) in [6, 6.07) is 13.3. The summed E-state index contributed by atoms with van der Waals surface area (Å²) in [4.78, 5) is 0. The van der Waals surface area contributed by atoms with Crippen LogP contribution in [0.5, 0.6) is 17.2 Å². The van der Waals surface area contributed by atoms with Crippen LogP contribution in [0.1, 0.15) is 48.6 Å². The van der Waals surface area contributed by atoms with E-state index in [0.717, 1.165) is 33.8 Å². The summed E-state index contributed by atoms with van der Waals surface area (Å²) >= 11 is 0. The van der Waals surface area contributed by atoms with Gasteiger partial charge in [0.1, 0.15) is 17.2 Å². The molecule has 0 aliphatic heterocycles. The van der Waals surface area contributed by atoms with E-state index in [1.54, 1.807) is 14.2 Å². The predicted molar refractivity (Wildman–Crippen MR) is 162 cm³/mol. The van der Waals surface area contributed by atoms with E-state index in [-0.39, 0.29) is 5.04 Å². The quantitative estimate of drug-likeness (QED) is 0.248. The van der Waals surface area contributed by atoms with Crippen molar-refractivity contribution in [1.82, 2.24) is 0 Å². The number of hydrogen-bond acceptors (Lipinski definition) is 3. The average Bonchev–Trinajstić information content (AvgIpc) is 2.78. The van der Waals surface area contributed by atoms with Crippen LogP contribution in [0.25, 0.3) is 32.7 Å². The second-order valence-corrected chi connectivity index (χ2v) is 16.8. The standard InChI is InChI=1S/C33H42O3Si/c1-19-13-23(5)29-24(14-19)21(3)17-26(34-9)31(29)32-27(35-10)18-22(4)25-15-20(2)16-28(30(25)32)36-37(11,12)33(6,7)8/h13-18H,1-12H3. The van der Waals surface area contributed by atoms with Gasteiger partial charge in [-0.05, 0) is 109 Å². The summed E-state index contributed by atoms with van der Waals surface area (Å²) < 4.78 is 19.3. The highest BCUT2D eigenvalue weighted by molar-refractivity contribution is 6.74. The zero-order valence-electron chi connectivity index (χ0n) is 24.7. The van der Waals surface area contributed by atoms with Crippen LogP contribution in [-0.4, -0.2) is 22.5 Å². The molecule has 0 aromatic heterocycles. The number of aryl methyl sites for hydroxylation is 5. The topological polar surface area (TPSA) is 27.7 Å². The Morgan fingerprint density at radius 3 is 1.51 bits per heavy atom. The van der Waals surface area contributed by atoms with Gasteiger partial charge in [-0.1, -0.05) is 44.5 Å². The maximum absolute atomic E-state index is 7.08. The van der Waals surface area contributed by atoms with Crippen LogP contribution in [-0.2, 0) is 0 Å². The lowest BCUT2D eigenvalue weighted by Gasteiger charge is -2.37. The minimum atomic E-state index is -2.13. The zero-order valence-corrected chi connectivity index (χ0v) is 25.7. The van der Waals surface area contributed by atoms with Gasteiger partial charge in [-0.3, -0.25) is 0 Å². The summed E-state index contributed by atoms with van der Waals surface area (Å²) in [7, 11) is 1.38. The van der Waals surface area contributed by atoms with Gasteiger partial charge in [-0.25, -0.2) is 0 Å². The first kappa shape index (κ1) is 27.1. The van der Waals surface area contributed by atoms with E-state index in [0.29, 0.717) is 0 Å². The van der Waals surface area contributed by atoms with Gasteiger partial charge in [-0.15, -0.1) is 0 Å². The summed E-state index contributed by atoms with van der Waals surface area (Å²) in [6.07, 6.45) is 0. The maximum Gasteiger partial charge on any atom is 0.250 e. The molecule has 0 fully saturated rings. The molecule has 0 aliphatic rings. The third kappa shape index (κ3) is 4.61. The first-order valence-electron chi connectivity index (χ1n) is 13.1. The van der Waals surface area contributed by atoms with Gasteiger partial charge in [0.2, 0.25) is 0 Å². The predicted octanol–water partition coefficient (Wildman–Crippen LogP) is 9.60. The molecule has 196 valence electrons. The van der Waals surface area contributed by atoms with E-state index in [9.17, 15) is 0 Å². The second kappa shape index (κ2) is 9.40. The Hall–Kier alpha value is -2.98. The summed E-state index contributed by atoms with van der Waals surface area (Å²) in [5, 5.41) is 4.79. The molecule has 0 aliphatic carbocycles. The fourth-order valence-electron chi connectivity index (χ4n) is 5.20. The highest BCUT2D eigenvalue weighted by Gasteiger charge is 2.39. The molecule has 4 heteroatoms. The van der Waals surface area contributed by atoms with Crippen molar-refractivity contribution in [2.24, 2.45) is 0 Å². The molecule has 0 spiro atoms. The molecule has 4 aromatic rings. The lowest BCUT2D eigenvalue weighted by Crippen LogP contribution is -2.43. The Kier molecular flexibility index (Phi) is 6.87. The third-order valence-corrected chi connectivity index (χ3v) is 12.5. The van der Waals surface area contributed by atoms with Crippen molar-refractivity contribution in [1.29, 1.82) is 0 Å². The van der Waals surface area contributed by atoms with Gasteiger partial charge >= 0.3 is 0 Å². The normalized spacial score (nSPS) is 12.3. The van der Waals surface area contributed by atoms with Crippen LogP contribution >= 0.6 is 0 Å². The Labute approximate surface area is 223 Å². The number of hydrogen-bond donors (Lipinski definition) is 0. The molecule has 0 heterocycles. The molecule has 4 rings (SSSR count). The van der Waals surface area contributed by atoms with Gasteiger partial charge in [0.25, 0.3) is 8.32 Å². The van der Waals surface area contributed by atoms with E-state index in [1.807, 2.05) is 0 Å². The number of ether oxygens (including phenoxy) is 2. The smallest absolute Gasteiger partial charge is 0.250 e. The molecule has 0 unspecified atom stereocenters. The zero-order chi connectivity index (χ0) is 27.4. The highest BCUT2D eigenvalue weighted by Crippen LogP contribution is 2.51. The van der Waals surface area contributed by atoms with Crippen LogP contribution in [0.2, 0.25) is 18.1 Å². The van der Waals surface area contributed by atoms with E-state index >= 15 is 0 Å². The molecule has 0 saturated carbocycles. The van der Waals surface area contributed by atoms with Gasteiger partial charge in [0, 0.05) is 16.5 Å². The van der Waals surface area contributed by atoms with Crippen LogP contribution < -0.4 is 13.9 Å². The molecule has 0 N–H and O–H groups in total. The second-order valence-electron chi connectivity index (χ2n) is 12.1. The number of rotatable bonds is 5. The van der Waals surface area contributed by atoms with Crippen molar-refractivity contribution in [2.45, 2.75) is 73.5 Å². The SMILES string of the molecule is COc1cc(C)c2cc(C)cc(C)c2c1-c1c(OC)cc(C)c2cc(C)cc(O[Si](C)(C)C(C)(C)C)c12. The number of methoxy groups -OCH3 is 2. The minimum absolute atomic E-state index is 0.0690. The van der Waals surface area contributed by atoms with Gasteiger partial charge < -0.3 is 13.9 Å². The molecule has 0 radical (unpaired) electrons. The average molecular weight is 515 g/mol. The molecular weight excluding hydrogens is 472 g/mol. The van der Waals surface area contributed by atoms with Crippen LogP contribution in [0, 0.1) is 34.6 Å². The first-order chi connectivity index (χ1) is 17.2. The molecule has 3 nitrogen and oxygen atoms in total. The monoisotopic (exact) mass is 514 g/mol. The lowest BCUT2D eigenvalue weighted by atomic mass is 9.86. The van der Waals surface area contributed by atoms with Gasteiger partial charge in [-0.2, -0.15) is 0 Å². The fourth-order valence-corrected chi connectivity index (χ4v) is 6.22. The van der Waals surface area contributed by atoms with Crippen molar-refractivity contribution < 1.29 is 13.9 Å². The first-order valence-corrected chi connectivity index (χ1v) is 16.0. The molecule has 0 bridgehead atoms. The van der Waals surface area contributed by atoms with Crippen LogP contribution in [0.15, 0.2) is 36.4 Å². The molecule has 0 atom stereocenters. The Morgan fingerprint density at radius 2 is 1.03 bits per heavy atom.